The van der Waals surface area contributed by atoms with Crippen LogP contribution in [0.4, 0.5) is 0 Å². The van der Waals surface area contributed by atoms with Gasteiger partial charge in [0.1, 0.15) is 5.69 Å². The largest absolute Gasteiger partial charge is 0.335 e. The number of carbonyl (C=O) groups is 1. The topological polar surface area (TPSA) is 70.1 Å². The van der Waals surface area contributed by atoms with E-state index in [-0.39, 0.29) is 5.91 Å². The predicted octanol–water partition coefficient (Wildman–Crippen LogP) is 3.21. The first-order valence-electron chi connectivity index (χ1n) is 9.89. The van der Waals surface area contributed by atoms with Crippen LogP contribution in [0, 0.1) is 6.92 Å². The monoisotopic (exact) mass is 412 g/mol. The highest BCUT2D eigenvalue weighted by Gasteiger charge is 2.24. The fourth-order valence-electron chi connectivity index (χ4n) is 3.60. The molecule has 0 saturated carbocycles. The molecule has 1 fully saturated rings. The van der Waals surface area contributed by atoms with E-state index in [9.17, 15) is 4.79 Å². The first kappa shape index (κ1) is 19.7. The highest BCUT2D eigenvalue weighted by molar-refractivity contribution is 6.30. The van der Waals surface area contributed by atoms with Gasteiger partial charge in [0.05, 0.1) is 11.4 Å². The lowest BCUT2D eigenvalue weighted by Gasteiger charge is -2.34. The molecule has 0 unspecified atom stereocenters. The number of carbonyl (C=O) groups excluding carboxylic acids is 1. The molecule has 3 aromatic rings. The van der Waals surface area contributed by atoms with Crippen LogP contribution in [-0.2, 0) is 13.1 Å². The minimum absolute atomic E-state index is 0.00709. The van der Waals surface area contributed by atoms with Crippen molar-refractivity contribution >= 4 is 17.5 Å². The third kappa shape index (κ3) is 4.36. The molecule has 4 rings (SSSR count). The summed E-state index contributed by atoms with van der Waals surface area (Å²) in [5, 5.41) is 12.4. The fraction of sp³-hybridized carbons (Fsp3) is 0.381. The fourth-order valence-corrected chi connectivity index (χ4v) is 3.72. The Morgan fingerprint density at radius 3 is 2.55 bits per heavy atom. The molecule has 29 heavy (non-hydrogen) atoms. The number of hydrogen-bond donors (Lipinski definition) is 1. The first-order chi connectivity index (χ1) is 14.0. The minimum Gasteiger partial charge on any atom is -0.335 e. The van der Waals surface area contributed by atoms with Crippen molar-refractivity contribution in [2.24, 2.45) is 0 Å². The number of aryl methyl sites for hydroxylation is 2. The summed E-state index contributed by atoms with van der Waals surface area (Å²) in [6.07, 6.45) is 2.12. The van der Waals surface area contributed by atoms with Gasteiger partial charge in [0.15, 0.2) is 0 Å². The maximum atomic E-state index is 12.9. The summed E-state index contributed by atoms with van der Waals surface area (Å²) in [5.41, 5.74) is 4.53. The average molecular weight is 413 g/mol. The average Bonchev–Trinajstić information content (AvgIpc) is 3.36. The van der Waals surface area contributed by atoms with Gasteiger partial charge in [-0.2, -0.15) is 10.2 Å². The van der Waals surface area contributed by atoms with E-state index in [1.807, 2.05) is 33.8 Å². The third-order valence-electron chi connectivity index (χ3n) is 5.37. The lowest BCUT2D eigenvalue weighted by atomic mass is 10.1. The number of amides is 1. The Labute approximate surface area is 175 Å². The summed E-state index contributed by atoms with van der Waals surface area (Å²) in [7, 11) is 0. The van der Waals surface area contributed by atoms with Gasteiger partial charge in [-0.1, -0.05) is 23.7 Å². The number of hydrogen-bond acceptors (Lipinski definition) is 4. The van der Waals surface area contributed by atoms with Gasteiger partial charge in [-0.05, 0) is 32.0 Å². The van der Waals surface area contributed by atoms with Crippen molar-refractivity contribution in [2.45, 2.75) is 26.9 Å². The van der Waals surface area contributed by atoms with Crippen molar-refractivity contribution in [3.8, 4) is 11.3 Å². The van der Waals surface area contributed by atoms with Gasteiger partial charge in [-0.25, -0.2) is 0 Å². The minimum atomic E-state index is -0.00709. The molecule has 1 saturated heterocycles. The number of aromatic nitrogens is 4. The van der Waals surface area contributed by atoms with Gasteiger partial charge in [0.2, 0.25) is 0 Å². The van der Waals surface area contributed by atoms with Crippen LogP contribution in [-0.4, -0.2) is 61.9 Å². The molecule has 1 aliphatic rings. The van der Waals surface area contributed by atoms with Crippen molar-refractivity contribution in [2.75, 3.05) is 26.2 Å². The van der Waals surface area contributed by atoms with Crippen LogP contribution in [0.1, 0.15) is 28.7 Å². The molecule has 0 atom stereocenters. The summed E-state index contributed by atoms with van der Waals surface area (Å²) < 4.78 is 1.97. The maximum Gasteiger partial charge on any atom is 0.271 e. The van der Waals surface area contributed by atoms with Crippen LogP contribution in [0.5, 0.6) is 0 Å². The van der Waals surface area contributed by atoms with Crippen molar-refractivity contribution in [1.82, 2.24) is 29.8 Å². The van der Waals surface area contributed by atoms with Crippen molar-refractivity contribution in [3.05, 3.63) is 58.5 Å². The lowest BCUT2D eigenvalue weighted by Crippen LogP contribution is -2.48. The molecule has 3 heterocycles. The standard InChI is InChI=1S/C21H25ClN6O/c1-3-28-14-17(15(2)25-28)13-26-8-10-27(11-9-26)21(29)20-12-19(23-24-20)16-4-6-18(22)7-5-16/h4-7,12,14H,3,8-11,13H2,1-2H3,(H,23,24). The van der Waals surface area contributed by atoms with Crippen molar-refractivity contribution in [3.63, 3.8) is 0 Å². The van der Waals surface area contributed by atoms with Crippen LogP contribution in [0.3, 0.4) is 0 Å². The van der Waals surface area contributed by atoms with E-state index in [0.717, 1.165) is 43.1 Å². The molecule has 1 aromatic carbocycles. The second-order valence-corrected chi connectivity index (χ2v) is 7.77. The smallest absolute Gasteiger partial charge is 0.271 e. The van der Waals surface area contributed by atoms with Gasteiger partial charge in [-0.15, -0.1) is 0 Å². The summed E-state index contributed by atoms with van der Waals surface area (Å²) in [5.74, 6) is -0.00709. The summed E-state index contributed by atoms with van der Waals surface area (Å²) in [6, 6.07) is 9.24. The van der Waals surface area contributed by atoms with Crippen LogP contribution < -0.4 is 0 Å². The van der Waals surface area contributed by atoms with Crippen molar-refractivity contribution < 1.29 is 4.79 Å². The zero-order valence-electron chi connectivity index (χ0n) is 16.7. The zero-order valence-corrected chi connectivity index (χ0v) is 17.5. The maximum absolute atomic E-state index is 12.9. The van der Waals surface area contributed by atoms with Gasteiger partial charge < -0.3 is 4.90 Å². The molecule has 2 aromatic heterocycles. The molecule has 152 valence electrons. The van der Waals surface area contributed by atoms with Gasteiger partial charge in [-0.3, -0.25) is 19.5 Å². The van der Waals surface area contributed by atoms with Gasteiger partial charge >= 0.3 is 0 Å². The molecule has 8 heteroatoms. The number of nitrogens with one attached hydrogen (secondary N) is 1. The van der Waals surface area contributed by atoms with E-state index in [2.05, 4.69) is 40.2 Å². The first-order valence-corrected chi connectivity index (χ1v) is 10.3. The summed E-state index contributed by atoms with van der Waals surface area (Å²) >= 11 is 5.94. The second kappa shape index (κ2) is 8.39. The predicted molar refractivity (Wildman–Crippen MR) is 113 cm³/mol. The second-order valence-electron chi connectivity index (χ2n) is 7.34. The quantitative estimate of drug-likeness (QED) is 0.698. The van der Waals surface area contributed by atoms with Crippen molar-refractivity contribution in [1.29, 1.82) is 0 Å². The number of halogens is 1. The van der Waals surface area contributed by atoms with E-state index >= 15 is 0 Å². The van der Waals surface area contributed by atoms with E-state index < -0.39 is 0 Å². The number of benzene rings is 1. The molecule has 1 amide bonds. The number of nitrogens with zero attached hydrogens (tertiary/aromatic N) is 5. The number of rotatable bonds is 5. The molecule has 7 nitrogen and oxygen atoms in total. The normalized spacial score (nSPS) is 15.1. The Kier molecular flexibility index (Phi) is 5.69. The molecular formula is C21H25ClN6O. The SMILES string of the molecule is CCn1cc(CN2CCN(C(=O)c3cc(-c4ccc(Cl)cc4)n[nH]3)CC2)c(C)n1. The Morgan fingerprint density at radius 2 is 1.90 bits per heavy atom. The Bertz CT molecular complexity index is 985. The third-order valence-corrected chi connectivity index (χ3v) is 5.63. The molecule has 1 N–H and O–H groups in total. The van der Waals surface area contributed by atoms with Crippen LogP contribution in [0.15, 0.2) is 36.5 Å². The van der Waals surface area contributed by atoms with E-state index in [0.29, 0.717) is 23.8 Å². The molecule has 0 radical (unpaired) electrons. The number of aromatic amines is 1. The molecule has 0 aliphatic carbocycles. The molecular weight excluding hydrogens is 388 g/mol. The number of piperazine rings is 1. The highest BCUT2D eigenvalue weighted by atomic mass is 35.5. The molecule has 1 aliphatic heterocycles. The molecule has 0 spiro atoms. The van der Waals surface area contributed by atoms with E-state index in [4.69, 9.17) is 11.6 Å². The van der Waals surface area contributed by atoms with E-state index in [1.54, 1.807) is 6.07 Å². The lowest BCUT2D eigenvalue weighted by molar-refractivity contribution is 0.0622. The highest BCUT2D eigenvalue weighted by Crippen LogP contribution is 2.21. The van der Waals surface area contributed by atoms with Crippen LogP contribution in [0.2, 0.25) is 5.02 Å². The van der Waals surface area contributed by atoms with Gasteiger partial charge in [0, 0.05) is 61.6 Å². The van der Waals surface area contributed by atoms with Crippen LogP contribution >= 0.6 is 11.6 Å². The summed E-state index contributed by atoms with van der Waals surface area (Å²) in [6.45, 7) is 9.00. The van der Waals surface area contributed by atoms with Crippen LogP contribution in [0.25, 0.3) is 11.3 Å². The number of H-pyrrole nitrogens is 1. The summed E-state index contributed by atoms with van der Waals surface area (Å²) in [4.78, 5) is 17.1. The van der Waals surface area contributed by atoms with Gasteiger partial charge in [0.25, 0.3) is 5.91 Å². The molecule has 0 bridgehead atoms. The Hall–Kier alpha value is -2.64. The van der Waals surface area contributed by atoms with E-state index in [1.165, 1.54) is 5.56 Å². The zero-order chi connectivity index (χ0) is 20.4. The Balaban J connectivity index is 1.35. The Morgan fingerprint density at radius 1 is 1.17 bits per heavy atom.